The molecule has 76 valence electrons. The molecule has 2 N–H and O–H groups in total. The van der Waals surface area contributed by atoms with Crippen molar-refractivity contribution in [3.05, 3.63) is 12.2 Å². The second kappa shape index (κ2) is 5.40. The Hall–Kier alpha value is -0.340. The molecule has 0 heterocycles. The van der Waals surface area contributed by atoms with Crippen molar-refractivity contribution in [1.29, 1.82) is 0 Å². The minimum absolute atomic E-state index is 0.0156. The van der Waals surface area contributed by atoms with Crippen LogP contribution in [0, 0.1) is 5.92 Å². The van der Waals surface area contributed by atoms with E-state index in [0.29, 0.717) is 0 Å². The summed E-state index contributed by atoms with van der Waals surface area (Å²) in [5.74, 6) is 0.130. The Morgan fingerprint density at radius 1 is 1.15 bits per heavy atom. The largest absolute Gasteiger partial charge is 0.393 e. The number of aliphatic hydroxyl groups excluding tert-OH is 2. The lowest BCUT2D eigenvalue weighted by Crippen LogP contribution is -2.24. The highest BCUT2D eigenvalue weighted by Gasteiger charge is 2.22. The van der Waals surface area contributed by atoms with Gasteiger partial charge in [-0.05, 0) is 18.4 Å². The monoisotopic (exact) mass is 184 g/mol. The van der Waals surface area contributed by atoms with Crippen molar-refractivity contribution in [1.82, 2.24) is 0 Å². The van der Waals surface area contributed by atoms with Gasteiger partial charge in [0.1, 0.15) is 0 Å². The molecule has 2 heteroatoms. The first-order valence-corrected chi connectivity index (χ1v) is 5.22. The Kier molecular flexibility index (Phi) is 4.46. The van der Waals surface area contributed by atoms with Crippen LogP contribution >= 0.6 is 0 Å². The maximum absolute atomic E-state index is 9.80. The van der Waals surface area contributed by atoms with Crippen molar-refractivity contribution in [2.75, 3.05) is 6.61 Å². The first-order chi connectivity index (χ1) is 6.25. The van der Waals surface area contributed by atoms with Gasteiger partial charge in [0.25, 0.3) is 0 Å². The van der Waals surface area contributed by atoms with E-state index in [9.17, 15) is 5.11 Å². The van der Waals surface area contributed by atoms with E-state index in [0.717, 1.165) is 31.3 Å². The third-order valence-electron chi connectivity index (χ3n) is 2.96. The van der Waals surface area contributed by atoms with Gasteiger partial charge in [-0.2, -0.15) is 0 Å². The van der Waals surface area contributed by atoms with E-state index < -0.39 is 0 Å². The summed E-state index contributed by atoms with van der Waals surface area (Å²) in [5, 5.41) is 18.8. The molecule has 0 saturated heterocycles. The lowest BCUT2D eigenvalue weighted by Gasteiger charge is -2.26. The summed E-state index contributed by atoms with van der Waals surface area (Å²) in [4.78, 5) is 0. The van der Waals surface area contributed by atoms with E-state index in [-0.39, 0.29) is 18.6 Å². The van der Waals surface area contributed by atoms with Gasteiger partial charge < -0.3 is 10.2 Å². The summed E-state index contributed by atoms with van der Waals surface area (Å²) in [5.41, 5.74) is 0.800. The van der Waals surface area contributed by atoms with Crippen molar-refractivity contribution in [3.8, 4) is 0 Å². The van der Waals surface area contributed by atoms with Crippen LogP contribution in [0.4, 0.5) is 0 Å². The predicted octanol–water partition coefficient (Wildman–Crippen LogP) is 1.87. The second-order valence-electron chi connectivity index (χ2n) is 3.98. The zero-order chi connectivity index (χ0) is 9.68. The summed E-state index contributed by atoms with van der Waals surface area (Å²) in [7, 11) is 0. The molecule has 1 aliphatic carbocycles. The molecular weight excluding hydrogens is 164 g/mol. The molecule has 0 aromatic rings. The molecule has 0 aromatic carbocycles. The highest BCUT2D eigenvalue weighted by molar-refractivity contribution is 5.03. The Labute approximate surface area is 80.3 Å². The van der Waals surface area contributed by atoms with Crippen LogP contribution in [0.15, 0.2) is 12.2 Å². The van der Waals surface area contributed by atoms with Gasteiger partial charge in [0.2, 0.25) is 0 Å². The molecule has 0 bridgehead atoms. The average Bonchev–Trinajstić information content (AvgIpc) is 2.11. The van der Waals surface area contributed by atoms with Gasteiger partial charge in [-0.1, -0.05) is 32.3 Å². The third kappa shape index (κ3) is 3.12. The Balaban J connectivity index is 2.50. The lowest BCUT2D eigenvalue weighted by atomic mass is 9.84. The molecule has 2 atom stereocenters. The Morgan fingerprint density at radius 3 is 2.38 bits per heavy atom. The molecule has 1 saturated carbocycles. The van der Waals surface area contributed by atoms with E-state index in [1.807, 2.05) is 0 Å². The standard InChI is InChI=1S/C11H20O2/c1-9(8-12)10-6-4-2-3-5-7-11(10)13/h10-13H,1-8H2/t10-,11+/m1/s1. The summed E-state index contributed by atoms with van der Waals surface area (Å²) in [6.07, 6.45) is 6.32. The molecule has 0 aliphatic heterocycles. The van der Waals surface area contributed by atoms with Crippen LogP contribution in [0.1, 0.15) is 38.5 Å². The van der Waals surface area contributed by atoms with Crippen LogP contribution in [0.5, 0.6) is 0 Å². The van der Waals surface area contributed by atoms with Crippen molar-refractivity contribution in [2.24, 2.45) is 5.92 Å². The summed E-state index contributed by atoms with van der Waals surface area (Å²) < 4.78 is 0. The van der Waals surface area contributed by atoms with Crippen LogP contribution in [0.2, 0.25) is 0 Å². The van der Waals surface area contributed by atoms with Crippen LogP contribution in [-0.2, 0) is 0 Å². The van der Waals surface area contributed by atoms with Gasteiger partial charge in [-0.15, -0.1) is 0 Å². The zero-order valence-corrected chi connectivity index (χ0v) is 8.21. The molecule has 1 fully saturated rings. The van der Waals surface area contributed by atoms with Crippen molar-refractivity contribution < 1.29 is 10.2 Å². The molecular formula is C11H20O2. The van der Waals surface area contributed by atoms with E-state index in [1.54, 1.807) is 0 Å². The minimum Gasteiger partial charge on any atom is -0.393 e. The number of rotatable bonds is 2. The van der Waals surface area contributed by atoms with E-state index >= 15 is 0 Å². The molecule has 0 radical (unpaired) electrons. The normalized spacial score (nSPS) is 30.6. The smallest absolute Gasteiger partial charge is 0.0642 e. The van der Waals surface area contributed by atoms with Crippen molar-refractivity contribution in [3.63, 3.8) is 0 Å². The van der Waals surface area contributed by atoms with Gasteiger partial charge in [-0.25, -0.2) is 0 Å². The zero-order valence-electron chi connectivity index (χ0n) is 8.21. The molecule has 0 amide bonds. The molecule has 0 unspecified atom stereocenters. The minimum atomic E-state index is -0.278. The van der Waals surface area contributed by atoms with Crippen molar-refractivity contribution >= 4 is 0 Å². The SMILES string of the molecule is C=C(CO)[C@H]1CCCCCC[C@@H]1O. The fraction of sp³-hybridized carbons (Fsp3) is 0.818. The van der Waals surface area contributed by atoms with Gasteiger partial charge in [0.05, 0.1) is 12.7 Å². The first-order valence-electron chi connectivity index (χ1n) is 5.22. The second-order valence-corrected chi connectivity index (χ2v) is 3.98. The summed E-state index contributed by atoms with van der Waals surface area (Å²) in [6, 6.07) is 0. The maximum atomic E-state index is 9.80. The molecule has 1 aliphatic rings. The fourth-order valence-corrected chi connectivity index (χ4v) is 2.06. The summed E-state index contributed by atoms with van der Waals surface area (Å²) in [6.45, 7) is 3.83. The topological polar surface area (TPSA) is 40.5 Å². The van der Waals surface area contributed by atoms with Crippen LogP contribution in [0.3, 0.4) is 0 Å². The Bertz CT molecular complexity index is 165. The van der Waals surface area contributed by atoms with Crippen molar-refractivity contribution in [2.45, 2.75) is 44.6 Å². The molecule has 0 spiro atoms. The van der Waals surface area contributed by atoms with Gasteiger partial charge in [0.15, 0.2) is 0 Å². The number of aliphatic hydroxyl groups is 2. The molecule has 1 rings (SSSR count). The van der Waals surface area contributed by atoms with Crippen LogP contribution < -0.4 is 0 Å². The quantitative estimate of drug-likeness (QED) is 0.643. The number of hydrogen-bond donors (Lipinski definition) is 2. The van der Waals surface area contributed by atoms with Gasteiger partial charge in [0, 0.05) is 5.92 Å². The predicted molar refractivity (Wildman–Crippen MR) is 53.4 cm³/mol. The van der Waals surface area contributed by atoms with Crippen LogP contribution in [-0.4, -0.2) is 22.9 Å². The lowest BCUT2D eigenvalue weighted by molar-refractivity contribution is 0.0946. The van der Waals surface area contributed by atoms with Gasteiger partial charge in [-0.3, -0.25) is 0 Å². The van der Waals surface area contributed by atoms with E-state index in [2.05, 4.69) is 6.58 Å². The highest BCUT2D eigenvalue weighted by Crippen LogP contribution is 2.27. The average molecular weight is 184 g/mol. The van der Waals surface area contributed by atoms with Crippen LogP contribution in [0.25, 0.3) is 0 Å². The number of hydrogen-bond acceptors (Lipinski definition) is 2. The summed E-state index contributed by atoms with van der Waals surface area (Å²) >= 11 is 0. The van der Waals surface area contributed by atoms with E-state index in [1.165, 1.54) is 12.8 Å². The molecule has 2 nitrogen and oxygen atoms in total. The third-order valence-corrected chi connectivity index (χ3v) is 2.96. The first kappa shape index (κ1) is 10.7. The maximum Gasteiger partial charge on any atom is 0.0642 e. The van der Waals surface area contributed by atoms with E-state index in [4.69, 9.17) is 5.11 Å². The molecule has 13 heavy (non-hydrogen) atoms. The highest BCUT2D eigenvalue weighted by atomic mass is 16.3. The van der Waals surface area contributed by atoms with Gasteiger partial charge >= 0.3 is 0 Å². The fourth-order valence-electron chi connectivity index (χ4n) is 2.06. The molecule has 0 aromatic heterocycles. The Morgan fingerprint density at radius 2 is 1.77 bits per heavy atom.